The highest BCUT2D eigenvalue weighted by molar-refractivity contribution is 7.90. The van der Waals surface area contributed by atoms with Gasteiger partial charge in [0.1, 0.15) is 17.3 Å². The van der Waals surface area contributed by atoms with Crippen LogP contribution in [0.4, 0.5) is 13.2 Å². The summed E-state index contributed by atoms with van der Waals surface area (Å²) in [5.74, 6) is -1.28. The molecule has 0 fully saturated rings. The molecule has 27 heavy (non-hydrogen) atoms. The lowest BCUT2D eigenvalue weighted by molar-refractivity contribution is -0.237. The van der Waals surface area contributed by atoms with Crippen LogP contribution in [0.25, 0.3) is 5.03 Å². The molecule has 2 aromatic rings. The highest BCUT2D eigenvalue weighted by Crippen LogP contribution is 2.31. The molecule has 0 saturated carbocycles. The minimum Gasteiger partial charge on any atom is -0.311 e. The van der Waals surface area contributed by atoms with Gasteiger partial charge in [0.25, 0.3) is 15.9 Å². The van der Waals surface area contributed by atoms with Gasteiger partial charge in [0.15, 0.2) is 11.0 Å². The van der Waals surface area contributed by atoms with Crippen LogP contribution in [0.5, 0.6) is 0 Å². The van der Waals surface area contributed by atoms with Crippen LogP contribution in [0.15, 0.2) is 23.5 Å². The molecule has 1 aliphatic heterocycles. The molecule has 0 aliphatic carbocycles. The summed E-state index contributed by atoms with van der Waals surface area (Å²) in [6, 6.07) is 0. The van der Waals surface area contributed by atoms with Crippen molar-refractivity contribution in [3.63, 3.8) is 0 Å². The highest BCUT2D eigenvalue weighted by atomic mass is 35.5. The van der Waals surface area contributed by atoms with Crippen molar-refractivity contribution in [1.82, 2.24) is 29.0 Å². The third kappa shape index (κ3) is 3.75. The molecule has 0 radical (unpaired) electrons. The van der Waals surface area contributed by atoms with E-state index in [2.05, 4.69) is 10.1 Å². The van der Waals surface area contributed by atoms with Crippen LogP contribution in [0.2, 0.25) is 5.15 Å². The molecular weight excluding hydrogens is 436 g/mol. The average Bonchev–Trinajstić information content (AvgIpc) is 3.09. The van der Waals surface area contributed by atoms with Crippen LogP contribution in [0.3, 0.4) is 0 Å². The van der Waals surface area contributed by atoms with Crippen molar-refractivity contribution < 1.29 is 26.4 Å². The lowest BCUT2D eigenvalue weighted by Gasteiger charge is -2.27. The summed E-state index contributed by atoms with van der Waals surface area (Å²) in [5.41, 5.74) is -0.441. The molecule has 0 saturated heterocycles. The van der Waals surface area contributed by atoms with Crippen molar-refractivity contribution in [2.45, 2.75) is 17.9 Å². The highest BCUT2D eigenvalue weighted by Gasteiger charge is 2.38. The second-order valence-corrected chi connectivity index (χ2v) is 7.78. The number of aromatic nitrogens is 4. The van der Waals surface area contributed by atoms with Crippen LogP contribution in [-0.4, -0.2) is 44.9 Å². The van der Waals surface area contributed by atoms with Gasteiger partial charge in [-0.2, -0.15) is 18.3 Å². The number of carbonyl (C=O) groups is 1. The standard InChI is InChI=1S/C12H9Cl2F3N6O3S/c1-21-4-8(9(14)19-21)27(25,26)20-11(24)7-3-22-5-23(12(15,16)17)2-6(13)10(22)18-7/h2-4H,5H2,1H3,(H,20,24). The maximum absolute atomic E-state index is 12.8. The molecule has 9 nitrogen and oxygen atoms in total. The topological polar surface area (TPSA) is 102 Å². The normalized spacial score (nSPS) is 14.7. The summed E-state index contributed by atoms with van der Waals surface area (Å²) in [7, 11) is -2.94. The first kappa shape index (κ1) is 19.5. The fourth-order valence-corrected chi connectivity index (χ4v) is 3.98. The predicted octanol–water partition coefficient (Wildman–Crippen LogP) is 1.72. The van der Waals surface area contributed by atoms with Gasteiger partial charge < -0.3 is 4.57 Å². The fraction of sp³-hybridized carbons (Fsp3) is 0.250. The largest absolute Gasteiger partial charge is 0.485 e. The summed E-state index contributed by atoms with van der Waals surface area (Å²) >= 11 is 11.5. The molecule has 0 spiro atoms. The van der Waals surface area contributed by atoms with Crippen molar-refractivity contribution in [2.24, 2.45) is 7.05 Å². The number of fused-ring (bicyclic) bond motifs is 1. The number of amides is 1. The SMILES string of the molecule is Cn1cc(S(=O)(=O)NC(=O)c2cn3c(n2)C(Cl)=CN(C(F)(F)F)C3)c(Cl)n1. The van der Waals surface area contributed by atoms with Crippen LogP contribution in [0, 0.1) is 0 Å². The Morgan fingerprint density at radius 3 is 2.52 bits per heavy atom. The minimum absolute atomic E-state index is 0.0160. The Kier molecular flexibility index (Phi) is 4.64. The molecule has 1 amide bonds. The molecule has 15 heteroatoms. The number of hydrogen-bond acceptors (Lipinski definition) is 6. The predicted molar refractivity (Wildman–Crippen MR) is 86.8 cm³/mol. The zero-order chi connectivity index (χ0) is 20.1. The first-order valence-corrected chi connectivity index (χ1v) is 9.17. The van der Waals surface area contributed by atoms with Gasteiger partial charge in [-0.3, -0.25) is 14.4 Å². The molecular formula is C12H9Cl2F3N6O3S. The van der Waals surface area contributed by atoms with Gasteiger partial charge >= 0.3 is 6.30 Å². The summed E-state index contributed by atoms with van der Waals surface area (Å²) in [6.45, 7) is -0.698. The monoisotopic (exact) mass is 444 g/mol. The summed E-state index contributed by atoms with van der Waals surface area (Å²) in [6.07, 6.45) is -2.03. The maximum Gasteiger partial charge on any atom is 0.485 e. The second kappa shape index (κ2) is 6.42. The van der Waals surface area contributed by atoms with Crippen molar-refractivity contribution in [3.8, 4) is 0 Å². The molecule has 1 N–H and O–H groups in total. The Morgan fingerprint density at radius 1 is 1.30 bits per heavy atom. The van der Waals surface area contributed by atoms with Crippen LogP contribution in [-0.2, 0) is 23.7 Å². The van der Waals surface area contributed by atoms with E-state index in [1.54, 1.807) is 4.72 Å². The van der Waals surface area contributed by atoms with Gasteiger partial charge in [0, 0.05) is 25.6 Å². The number of halogens is 5. The van der Waals surface area contributed by atoms with Crippen LogP contribution < -0.4 is 4.72 Å². The summed E-state index contributed by atoms with van der Waals surface area (Å²) in [4.78, 5) is 15.6. The number of carbonyl (C=O) groups excluding carboxylic acids is 1. The first-order valence-electron chi connectivity index (χ1n) is 6.93. The van der Waals surface area contributed by atoms with Crippen LogP contribution >= 0.6 is 23.2 Å². The minimum atomic E-state index is -4.69. The zero-order valence-electron chi connectivity index (χ0n) is 13.2. The Labute approximate surface area is 160 Å². The lowest BCUT2D eigenvalue weighted by Crippen LogP contribution is -2.37. The number of hydrogen-bond donors (Lipinski definition) is 1. The molecule has 146 valence electrons. The third-order valence-electron chi connectivity index (χ3n) is 3.39. The average molecular weight is 445 g/mol. The lowest BCUT2D eigenvalue weighted by atomic mass is 10.4. The van der Waals surface area contributed by atoms with E-state index in [-0.39, 0.29) is 20.9 Å². The van der Waals surface area contributed by atoms with Gasteiger partial charge in [-0.1, -0.05) is 23.2 Å². The number of alkyl halides is 3. The van der Waals surface area contributed by atoms with Crippen molar-refractivity contribution in [1.29, 1.82) is 0 Å². The number of rotatable bonds is 3. The summed E-state index contributed by atoms with van der Waals surface area (Å²) in [5, 5.41) is 2.93. The van der Waals surface area contributed by atoms with E-state index >= 15 is 0 Å². The Bertz CT molecular complexity index is 1060. The molecule has 0 atom stereocenters. The van der Waals surface area contributed by atoms with E-state index in [4.69, 9.17) is 23.2 Å². The van der Waals surface area contributed by atoms with E-state index in [1.807, 2.05) is 0 Å². The number of aryl methyl sites for hydroxylation is 1. The van der Waals surface area contributed by atoms with Gasteiger partial charge in [-0.15, -0.1) is 0 Å². The molecule has 1 aliphatic rings. The Balaban J connectivity index is 1.86. The van der Waals surface area contributed by atoms with Crippen molar-refractivity contribution >= 4 is 44.2 Å². The third-order valence-corrected chi connectivity index (χ3v) is 5.38. The van der Waals surface area contributed by atoms with E-state index in [0.29, 0.717) is 6.20 Å². The first-order chi connectivity index (χ1) is 12.4. The van der Waals surface area contributed by atoms with Crippen LogP contribution in [0.1, 0.15) is 16.3 Å². The number of nitrogens with zero attached hydrogens (tertiary/aromatic N) is 5. The smallest absolute Gasteiger partial charge is 0.311 e. The summed E-state index contributed by atoms with van der Waals surface area (Å²) < 4.78 is 66.8. The van der Waals surface area contributed by atoms with Crippen molar-refractivity contribution in [2.75, 3.05) is 0 Å². The van der Waals surface area contributed by atoms with E-state index < -0.39 is 39.5 Å². The second-order valence-electron chi connectivity index (χ2n) is 5.37. The van der Waals surface area contributed by atoms with Crippen molar-refractivity contribution in [3.05, 3.63) is 35.3 Å². The quantitative estimate of drug-likeness (QED) is 0.723. The maximum atomic E-state index is 12.8. The molecule has 0 unspecified atom stereocenters. The van der Waals surface area contributed by atoms with E-state index in [9.17, 15) is 26.4 Å². The molecule has 3 heterocycles. The zero-order valence-corrected chi connectivity index (χ0v) is 15.5. The number of imidazole rings is 1. The van der Waals surface area contributed by atoms with Gasteiger partial charge in [0.05, 0.1) is 5.03 Å². The fourth-order valence-electron chi connectivity index (χ4n) is 2.23. The molecule has 2 aromatic heterocycles. The van der Waals surface area contributed by atoms with Gasteiger partial charge in [0.2, 0.25) is 0 Å². The van der Waals surface area contributed by atoms with Gasteiger partial charge in [-0.25, -0.2) is 18.1 Å². The van der Waals surface area contributed by atoms with E-state index in [1.165, 1.54) is 7.05 Å². The van der Waals surface area contributed by atoms with E-state index in [0.717, 1.165) is 21.6 Å². The Morgan fingerprint density at radius 2 is 1.96 bits per heavy atom. The Hall–Kier alpha value is -2.25. The van der Waals surface area contributed by atoms with Gasteiger partial charge in [-0.05, 0) is 0 Å². The molecule has 0 aromatic carbocycles. The number of sulfonamides is 1. The number of nitrogens with one attached hydrogen (secondary N) is 1. The molecule has 3 rings (SSSR count). The molecule has 0 bridgehead atoms.